The number of hydrogen-bond donors (Lipinski definition) is 1. The van der Waals surface area contributed by atoms with Gasteiger partial charge in [0.05, 0.1) is 34.1 Å². The lowest BCUT2D eigenvalue weighted by molar-refractivity contribution is -0.385. The van der Waals surface area contributed by atoms with Crippen LogP contribution in [-0.2, 0) is 14.8 Å². The third-order valence-electron chi connectivity index (χ3n) is 5.08. The highest BCUT2D eigenvalue weighted by Crippen LogP contribution is 2.40. The molecule has 33 heavy (non-hydrogen) atoms. The van der Waals surface area contributed by atoms with Crippen molar-refractivity contribution in [2.24, 2.45) is 5.10 Å². The van der Waals surface area contributed by atoms with Gasteiger partial charge in [0.2, 0.25) is 16.8 Å². The first-order chi connectivity index (χ1) is 15.7. The van der Waals surface area contributed by atoms with Gasteiger partial charge in [0.1, 0.15) is 4.90 Å². The van der Waals surface area contributed by atoms with Gasteiger partial charge in [-0.1, -0.05) is 11.6 Å². The van der Waals surface area contributed by atoms with Crippen molar-refractivity contribution in [2.75, 3.05) is 25.3 Å². The van der Waals surface area contributed by atoms with E-state index in [2.05, 4.69) is 10.5 Å². The first-order valence-corrected chi connectivity index (χ1v) is 11.8. The van der Waals surface area contributed by atoms with Gasteiger partial charge in [-0.25, -0.2) is 8.42 Å². The Kier molecular flexibility index (Phi) is 6.43. The molecule has 0 aliphatic carbocycles. The van der Waals surface area contributed by atoms with E-state index < -0.39 is 14.9 Å². The van der Waals surface area contributed by atoms with Crippen molar-refractivity contribution in [1.29, 1.82) is 0 Å². The summed E-state index contributed by atoms with van der Waals surface area (Å²) in [6, 6.07) is 6.88. The van der Waals surface area contributed by atoms with E-state index in [-0.39, 0.29) is 48.4 Å². The Balaban J connectivity index is 1.65. The molecule has 0 amide bonds. The molecule has 0 saturated carbocycles. The molecule has 0 radical (unpaired) electrons. The molecule has 4 rings (SSSR count). The van der Waals surface area contributed by atoms with Crippen LogP contribution < -0.4 is 14.9 Å². The van der Waals surface area contributed by atoms with Gasteiger partial charge >= 0.3 is 0 Å². The van der Waals surface area contributed by atoms with Gasteiger partial charge in [0.15, 0.2) is 11.5 Å². The summed E-state index contributed by atoms with van der Waals surface area (Å²) in [5, 5.41) is 15.7. The smallest absolute Gasteiger partial charge is 0.270 e. The number of halogens is 1. The molecule has 2 aliphatic heterocycles. The number of hydrazone groups is 1. The molecule has 2 aromatic rings. The average molecular weight is 497 g/mol. The van der Waals surface area contributed by atoms with E-state index in [0.29, 0.717) is 22.1 Å². The second kappa shape index (κ2) is 9.14. The minimum atomic E-state index is -4.08. The number of nitrogens with zero attached hydrogens (tertiary/aromatic N) is 3. The van der Waals surface area contributed by atoms with E-state index in [0.717, 1.165) is 6.07 Å². The Hall–Kier alpha value is -2.93. The van der Waals surface area contributed by atoms with Crippen molar-refractivity contribution < 1.29 is 27.6 Å². The molecule has 176 valence electrons. The molecule has 2 atom stereocenters. The Morgan fingerprint density at radius 3 is 2.64 bits per heavy atom. The maximum Gasteiger partial charge on any atom is 0.270 e. The third kappa shape index (κ3) is 4.74. The molecule has 13 heteroatoms. The number of anilines is 1. The highest BCUT2D eigenvalue weighted by Gasteiger charge is 2.34. The number of benzene rings is 2. The molecule has 0 bridgehead atoms. The largest absolute Gasteiger partial charge is 0.454 e. The van der Waals surface area contributed by atoms with E-state index in [1.54, 1.807) is 26.0 Å². The monoisotopic (exact) mass is 496 g/mol. The van der Waals surface area contributed by atoms with Crippen molar-refractivity contribution in [3.05, 3.63) is 51.0 Å². The Labute approximate surface area is 195 Å². The minimum Gasteiger partial charge on any atom is -0.454 e. The van der Waals surface area contributed by atoms with Crippen LogP contribution in [0.15, 0.2) is 40.3 Å². The summed E-state index contributed by atoms with van der Waals surface area (Å²) in [5.74, 6) is 0.914. The highest BCUT2D eigenvalue weighted by molar-refractivity contribution is 7.89. The summed E-state index contributed by atoms with van der Waals surface area (Å²) in [7, 11) is -4.08. The van der Waals surface area contributed by atoms with Crippen LogP contribution in [0.1, 0.15) is 19.4 Å². The van der Waals surface area contributed by atoms with E-state index >= 15 is 0 Å². The number of morpholine rings is 1. The number of non-ortho nitro benzene ring substituents is 1. The summed E-state index contributed by atoms with van der Waals surface area (Å²) in [5.41, 5.74) is 2.91. The standard InChI is InChI=1S/C20H21ClN4O7S/c1-12-9-24(10-13(2)32-12)33(28,29)18-7-15(25(26)27)4-5-16(18)23-22-8-14-3-6-17-20(19(14)21)31-11-30-17/h3-8,12-13,23H,9-11H2,1-2H3/b22-8-/t12-,13+. The number of nitro benzene ring substituents is 1. The van der Waals surface area contributed by atoms with Gasteiger partial charge in [-0.3, -0.25) is 15.5 Å². The number of sulfonamides is 1. The van der Waals surface area contributed by atoms with Crippen LogP contribution in [0.2, 0.25) is 5.02 Å². The van der Waals surface area contributed by atoms with Crippen LogP contribution in [0.5, 0.6) is 11.5 Å². The van der Waals surface area contributed by atoms with Crippen molar-refractivity contribution >= 4 is 39.2 Å². The first-order valence-electron chi connectivity index (χ1n) is 9.98. The van der Waals surface area contributed by atoms with Gasteiger partial charge in [-0.2, -0.15) is 9.41 Å². The Bertz CT molecular complexity index is 1210. The minimum absolute atomic E-state index is 0.0662. The summed E-state index contributed by atoms with van der Waals surface area (Å²) in [6.45, 7) is 3.86. The SMILES string of the molecule is C[C@@H]1CN(S(=O)(=O)c2cc([N+](=O)[O-])ccc2N/N=C\c2ccc3c(c2Cl)OCO3)C[C@H](C)O1. The molecule has 11 nitrogen and oxygen atoms in total. The van der Waals surface area contributed by atoms with Gasteiger partial charge in [0, 0.05) is 30.8 Å². The van der Waals surface area contributed by atoms with Crippen molar-refractivity contribution in [2.45, 2.75) is 31.0 Å². The Morgan fingerprint density at radius 2 is 1.94 bits per heavy atom. The zero-order chi connectivity index (χ0) is 23.8. The third-order valence-corrected chi connectivity index (χ3v) is 7.34. The predicted octanol–water partition coefficient (Wildman–Crippen LogP) is 3.22. The van der Waals surface area contributed by atoms with Gasteiger partial charge in [-0.05, 0) is 32.0 Å². The molecule has 1 N–H and O–H groups in total. The number of rotatable bonds is 6. The zero-order valence-electron chi connectivity index (χ0n) is 17.7. The number of nitrogens with one attached hydrogen (secondary N) is 1. The van der Waals surface area contributed by atoms with Crippen molar-refractivity contribution in [3.63, 3.8) is 0 Å². The van der Waals surface area contributed by atoms with Crippen molar-refractivity contribution in [1.82, 2.24) is 4.31 Å². The van der Waals surface area contributed by atoms with E-state index in [1.165, 1.54) is 22.7 Å². The van der Waals surface area contributed by atoms with Crippen molar-refractivity contribution in [3.8, 4) is 11.5 Å². The molecule has 2 heterocycles. The molecule has 2 aliphatic rings. The van der Waals surface area contributed by atoms with Crippen LogP contribution in [0.3, 0.4) is 0 Å². The number of hydrogen-bond acceptors (Lipinski definition) is 9. The molecule has 1 saturated heterocycles. The lowest BCUT2D eigenvalue weighted by atomic mass is 10.2. The Morgan fingerprint density at radius 1 is 1.21 bits per heavy atom. The van der Waals surface area contributed by atoms with Crippen LogP contribution in [0, 0.1) is 10.1 Å². The molecule has 0 unspecified atom stereocenters. The first kappa shape index (κ1) is 23.2. The fourth-order valence-corrected chi connectivity index (χ4v) is 5.63. The lowest BCUT2D eigenvalue weighted by Gasteiger charge is -2.34. The molecule has 0 aromatic heterocycles. The second-order valence-corrected chi connectivity index (χ2v) is 9.87. The van der Waals surface area contributed by atoms with E-state index in [4.69, 9.17) is 25.8 Å². The second-order valence-electron chi connectivity index (χ2n) is 7.59. The van der Waals surface area contributed by atoms with Gasteiger partial charge < -0.3 is 14.2 Å². The van der Waals surface area contributed by atoms with Crippen LogP contribution in [0.25, 0.3) is 0 Å². The summed E-state index contributed by atoms with van der Waals surface area (Å²) >= 11 is 6.31. The maximum absolute atomic E-state index is 13.4. The highest BCUT2D eigenvalue weighted by atomic mass is 35.5. The summed E-state index contributed by atoms with van der Waals surface area (Å²) in [6.07, 6.45) is 0.760. The average Bonchev–Trinajstić information content (AvgIpc) is 3.24. The van der Waals surface area contributed by atoms with Gasteiger partial charge in [-0.15, -0.1) is 0 Å². The topological polar surface area (TPSA) is 133 Å². The van der Waals surface area contributed by atoms with Crippen LogP contribution >= 0.6 is 11.6 Å². The number of ether oxygens (including phenoxy) is 3. The molecule has 2 aromatic carbocycles. The molecular weight excluding hydrogens is 476 g/mol. The zero-order valence-corrected chi connectivity index (χ0v) is 19.3. The summed E-state index contributed by atoms with van der Waals surface area (Å²) in [4.78, 5) is 10.4. The molecule has 0 spiro atoms. The lowest BCUT2D eigenvalue weighted by Crippen LogP contribution is -2.48. The predicted molar refractivity (Wildman–Crippen MR) is 121 cm³/mol. The quantitative estimate of drug-likeness (QED) is 0.366. The molecule has 1 fully saturated rings. The fraction of sp³-hybridized carbons (Fsp3) is 0.350. The fourth-order valence-electron chi connectivity index (χ4n) is 3.62. The van der Waals surface area contributed by atoms with E-state index in [1.807, 2.05) is 0 Å². The molecular formula is C20H21ClN4O7S. The summed E-state index contributed by atoms with van der Waals surface area (Å²) < 4.78 is 44.2. The number of fused-ring (bicyclic) bond motifs is 1. The van der Waals surface area contributed by atoms with Crippen LogP contribution in [0.4, 0.5) is 11.4 Å². The van der Waals surface area contributed by atoms with E-state index in [9.17, 15) is 18.5 Å². The maximum atomic E-state index is 13.4. The normalized spacial score (nSPS) is 20.8. The van der Waals surface area contributed by atoms with Gasteiger partial charge in [0.25, 0.3) is 5.69 Å². The van der Waals surface area contributed by atoms with Crippen LogP contribution in [-0.4, -0.2) is 56.0 Å². The number of nitro groups is 1.